The van der Waals surface area contributed by atoms with E-state index >= 15 is 0 Å². The summed E-state index contributed by atoms with van der Waals surface area (Å²) < 4.78 is 27.6. The lowest BCUT2D eigenvalue weighted by atomic mass is 10.1. The van der Waals surface area contributed by atoms with E-state index in [-0.39, 0.29) is 5.91 Å². The molecule has 0 bridgehead atoms. The summed E-state index contributed by atoms with van der Waals surface area (Å²) in [5, 5.41) is 83.4. The normalized spacial score (nSPS) is 11.6. The van der Waals surface area contributed by atoms with E-state index in [0.29, 0.717) is 107 Å². The molecule has 0 radical (unpaired) electrons. The average Bonchev–Trinajstić information content (AvgIpc) is 0.830. The van der Waals surface area contributed by atoms with E-state index in [4.69, 9.17) is 60.7 Å². The van der Waals surface area contributed by atoms with E-state index in [1.54, 1.807) is 112 Å². The van der Waals surface area contributed by atoms with Gasteiger partial charge in [-0.1, -0.05) is 150 Å². The van der Waals surface area contributed by atoms with Gasteiger partial charge in [0.1, 0.15) is 53.6 Å². The molecule has 33 nitrogen and oxygen atoms in total. The van der Waals surface area contributed by atoms with Crippen LogP contribution >= 0.6 is 35.3 Å². The first kappa shape index (κ1) is 97.4. The number of likely N-dealkylation sites (N-methyl/N-ethyl adjacent to an activating group) is 1. The van der Waals surface area contributed by atoms with Gasteiger partial charge in [-0.15, -0.1) is 35.3 Å². The predicted molar refractivity (Wildman–Crippen MR) is 537 cm³/mol. The van der Waals surface area contributed by atoms with Crippen molar-refractivity contribution in [1.29, 1.82) is 0 Å². The summed E-state index contributed by atoms with van der Waals surface area (Å²) in [4.78, 5) is 72.6. The van der Waals surface area contributed by atoms with Gasteiger partial charge in [-0.05, 0) is 85.9 Å². The van der Waals surface area contributed by atoms with Crippen molar-refractivity contribution < 1.29 is 59.7 Å². The minimum Gasteiger partial charge on any atom is -0.491 e. The zero-order chi connectivity index (χ0) is 95.0. The van der Waals surface area contributed by atoms with Crippen molar-refractivity contribution in [2.24, 2.45) is 36.7 Å². The van der Waals surface area contributed by atoms with Gasteiger partial charge >= 0.3 is 0 Å². The molecule has 0 spiro atoms. The number of carbonyl (C=O) groups is 1. The lowest BCUT2D eigenvalue weighted by molar-refractivity contribution is -0.125. The van der Waals surface area contributed by atoms with Gasteiger partial charge in [0.25, 0.3) is 0 Å². The van der Waals surface area contributed by atoms with Crippen LogP contribution in [-0.2, 0) is 14.3 Å². The van der Waals surface area contributed by atoms with E-state index in [1.165, 1.54) is 49.0 Å². The predicted octanol–water partition coefficient (Wildman–Crippen LogP) is 18.0. The number of methoxy groups -OCH3 is 2. The first-order valence-corrected chi connectivity index (χ1v) is 45.5. The molecule has 6 aromatic carbocycles. The van der Waals surface area contributed by atoms with Crippen LogP contribution in [0.4, 0.5) is 0 Å². The van der Waals surface area contributed by atoms with Crippen LogP contribution in [0.25, 0.3) is 131 Å². The van der Waals surface area contributed by atoms with Crippen molar-refractivity contribution in [3.63, 3.8) is 0 Å². The molecular formula is C99H97N21O12S3. The first-order valence-electron chi connectivity index (χ1n) is 42.6. The van der Waals surface area contributed by atoms with Gasteiger partial charge in [-0.3, -0.25) is 34.7 Å². The lowest BCUT2D eigenvalue weighted by Gasteiger charge is -2.18. The Labute approximate surface area is 787 Å². The quantitative estimate of drug-likeness (QED) is 0.00598. The number of hydrogen-bond acceptors (Lipinski definition) is 35. The first-order chi connectivity index (χ1) is 66.0. The van der Waals surface area contributed by atoms with Crippen LogP contribution in [0.15, 0.2) is 265 Å². The average molecular weight is 1870 g/mol. The van der Waals surface area contributed by atoms with Crippen molar-refractivity contribution in [2.75, 3.05) is 99.0 Å². The third kappa shape index (κ3) is 24.8. The van der Waals surface area contributed by atoms with E-state index in [9.17, 15) is 4.79 Å². The summed E-state index contributed by atoms with van der Waals surface area (Å²) in [6.45, 7) is 14.4. The fraction of sp³-hybridized carbons (Fsp3) is 0.202. The molecule has 0 atom stereocenters. The van der Waals surface area contributed by atoms with Crippen LogP contribution in [0.1, 0.15) is 61.9 Å². The summed E-state index contributed by atoms with van der Waals surface area (Å²) in [5.74, 6) is 3.21. The summed E-state index contributed by atoms with van der Waals surface area (Å²) >= 11 is 4.89. The van der Waals surface area contributed by atoms with Gasteiger partial charge in [0.2, 0.25) is 5.91 Å². The second-order valence-electron chi connectivity index (χ2n) is 29.9. The maximum absolute atomic E-state index is 11.9. The largest absolute Gasteiger partial charge is 0.491 e. The van der Waals surface area contributed by atoms with Crippen LogP contribution in [0.2, 0.25) is 0 Å². The Kier molecular flexibility index (Phi) is 35.2. The molecular weight excluding hydrogens is 1770 g/mol. The topological polar surface area (TPSA) is 446 Å². The molecule has 1 amide bonds. The van der Waals surface area contributed by atoms with Crippen molar-refractivity contribution in [3.8, 4) is 17.2 Å². The number of benzene rings is 6. The molecule has 12 aromatic heterocycles. The van der Waals surface area contributed by atoms with Gasteiger partial charge in [0.05, 0.1) is 140 Å². The number of nitrogens with two attached hydrogens (primary N) is 1. The maximum atomic E-state index is 11.9. The summed E-state index contributed by atoms with van der Waals surface area (Å²) in [6, 6.07) is 58.3. The standard InChI is InChI=1S/C19H22N4O2.C17H16N4O2S.C16H15N3O3.C16H15N3O2S.C16H15N3OS.C15H14N4O2/c1-3-23(4-2)10-11-25-17-12-15(13-21-24)22-19-16(17)8-7-14-6-5-9-20-18(14)19;1-21(2)15(22)10-24-14-8-12(9-19-23)20-17-13(14)6-5-11-4-3-7-18-16(11)17;2*1-21-7-8-22-14-9-12(10-18-20)19-16-13(14)5-4-11-3-2-6-17-15(11)16;1-10(2)21-14-8-12(9-18-20)19-16-13(14)6-5-11-4-3-7-17-15(11)16;16-5-7-21-13-8-11(9-18-20)19-15-12(13)4-3-10-2-1-6-17-14(10)15/h5-9,12-13,24H,3-4,10-11H2,1-2H3;3-9,23H,10H2,1-2H3;2*2-6,9-10,20H,7-8H2,1H3;3-10,20H,1-2H3;1-4,6,8-9,20H,5,7,16H2/b21-13+;19-9+;2*18-10+;2*18-9+. The number of oxime groups is 6. The number of pyridine rings is 12. The number of rotatable bonds is 28. The smallest absolute Gasteiger partial charge is 0.232 e. The third-order valence-electron chi connectivity index (χ3n) is 20.6. The maximum Gasteiger partial charge on any atom is 0.232 e. The number of fused-ring (bicyclic) bond motifs is 18. The van der Waals surface area contributed by atoms with E-state index in [0.717, 1.165) is 166 Å². The van der Waals surface area contributed by atoms with Gasteiger partial charge in [0.15, 0.2) is 0 Å². The Balaban J connectivity index is 0.000000137. The molecule has 0 aliphatic rings. The molecule has 0 aliphatic heterocycles. The molecule has 0 fully saturated rings. The molecule has 18 aromatic rings. The van der Waals surface area contributed by atoms with Crippen molar-refractivity contribution in [2.45, 2.75) is 47.6 Å². The molecule has 18 rings (SSSR count). The highest BCUT2D eigenvalue weighted by molar-refractivity contribution is 8.00. The van der Waals surface area contributed by atoms with E-state index in [2.05, 4.69) is 142 Å². The second kappa shape index (κ2) is 48.8. The molecule has 8 N–H and O–H groups in total. The number of amides is 1. The Bertz CT molecular complexity index is 7250. The van der Waals surface area contributed by atoms with Crippen LogP contribution < -0.4 is 19.9 Å². The number of thioether (sulfide) groups is 3. The van der Waals surface area contributed by atoms with Gasteiger partial charge < -0.3 is 70.5 Å². The molecule has 36 heteroatoms. The Hall–Kier alpha value is -15.2. The Morgan fingerprint density at radius 2 is 0.659 bits per heavy atom. The zero-order valence-corrected chi connectivity index (χ0v) is 77.4. The third-order valence-corrected chi connectivity index (χ3v) is 23.7. The van der Waals surface area contributed by atoms with Crippen molar-refractivity contribution in [3.05, 3.63) is 253 Å². The minimum absolute atomic E-state index is 0.0289. The van der Waals surface area contributed by atoms with Crippen LogP contribution in [0, 0.1) is 0 Å². The van der Waals surface area contributed by atoms with Crippen molar-refractivity contribution in [1.82, 2.24) is 69.6 Å². The fourth-order valence-corrected chi connectivity index (χ4v) is 17.4. The molecule has 0 saturated heterocycles. The summed E-state index contributed by atoms with van der Waals surface area (Å²) in [5.41, 5.74) is 18.2. The van der Waals surface area contributed by atoms with E-state index in [1.807, 2.05) is 146 Å². The molecule has 135 heavy (non-hydrogen) atoms. The minimum atomic E-state index is 0.0289. The Morgan fingerprint density at radius 1 is 0.370 bits per heavy atom. The highest BCUT2D eigenvalue weighted by Gasteiger charge is 2.19. The fourth-order valence-electron chi connectivity index (χ4n) is 14.3. The summed E-state index contributed by atoms with van der Waals surface area (Å²) in [6.07, 6.45) is 18.2. The second-order valence-corrected chi connectivity index (χ2v) is 33.7. The monoisotopic (exact) mass is 1870 g/mol. The van der Waals surface area contributed by atoms with Crippen LogP contribution in [0.3, 0.4) is 0 Å². The van der Waals surface area contributed by atoms with Crippen LogP contribution in [0.5, 0.6) is 17.2 Å². The zero-order valence-electron chi connectivity index (χ0n) is 75.0. The van der Waals surface area contributed by atoms with Crippen molar-refractivity contribution >= 4 is 209 Å². The molecule has 0 unspecified atom stereocenters. The van der Waals surface area contributed by atoms with E-state index < -0.39 is 0 Å². The number of hydrogen-bond donors (Lipinski definition) is 7. The molecule has 12 heterocycles. The SMILES string of the molecule is CC(C)Sc1cc(/C=N/O)nc2c1ccc1cccnc12.CCN(CC)CCOc1cc(/C=N/O)nc2c1ccc1cccnc12.CN(C)C(=O)CSc1cc(/C=N/O)nc2c1ccc1cccnc12.COCCOc1cc(/C=N/O)nc2c1ccc1cccnc12.COCCSc1cc(/C=N/O)nc2c1ccc1cccnc12.NCCOc1cc(/C=N/O)nc2c1ccc1cccnc12. The van der Waals surface area contributed by atoms with Gasteiger partial charge in [0, 0.05) is 187 Å². The highest BCUT2D eigenvalue weighted by atomic mass is 32.2. The Morgan fingerprint density at radius 3 is 0.963 bits per heavy atom. The molecule has 0 saturated carbocycles. The number of ether oxygens (including phenoxy) is 5. The molecule has 0 aliphatic carbocycles. The summed E-state index contributed by atoms with van der Waals surface area (Å²) in [7, 11) is 6.77. The van der Waals surface area contributed by atoms with Gasteiger partial charge in [-0.2, -0.15) is 0 Å². The van der Waals surface area contributed by atoms with Crippen LogP contribution in [-0.4, -0.2) is 248 Å². The number of nitrogens with zero attached hydrogens (tertiary/aromatic N) is 20. The number of carbonyl (C=O) groups excluding carboxylic acids is 1. The lowest BCUT2D eigenvalue weighted by Crippen LogP contribution is -2.27. The number of aromatic nitrogens is 12. The molecule has 688 valence electrons. The van der Waals surface area contributed by atoms with Gasteiger partial charge in [-0.25, -0.2) is 29.9 Å². The highest BCUT2D eigenvalue weighted by Crippen LogP contribution is 2.38.